The summed E-state index contributed by atoms with van der Waals surface area (Å²) in [5.74, 6) is -9.62. The zero-order valence-corrected chi connectivity index (χ0v) is 7.96. The number of allylic oxidation sites excluding steroid dienone is 1. The maximum Gasteiger partial charge on any atom is 0.461 e. The van der Waals surface area contributed by atoms with Crippen LogP contribution < -0.4 is 0 Å². The van der Waals surface area contributed by atoms with Gasteiger partial charge in [-0.2, -0.15) is 22.0 Å². The van der Waals surface area contributed by atoms with Crippen molar-refractivity contribution in [3.05, 3.63) is 30.2 Å². The summed E-state index contributed by atoms with van der Waals surface area (Å²) in [7, 11) is 0. The molecular weight excluding hydrogens is 251 g/mol. The van der Waals surface area contributed by atoms with Gasteiger partial charge in [0.1, 0.15) is 0 Å². The molecular formula is C9H5F5O3. The van der Waals surface area contributed by atoms with Crippen LogP contribution in [0.2, 0.25) is 0 Å². The van der Waals surface area contributed by atoms with Crippen LogP contribution in [0, 0.1) is 0 Å². The van der Waals surface area contributed by atoms with Crippen molar-refractivity contribution in [2.45, 2.75) is 12.1 Å². The van der Waals surface area contributed by atoms with Crippen molar-refractivity contribution in [3.63, 3.8) is 0 Å². The molecule has 0 saturated heterocycles. The smallest absolute Gasteiger partial charge is 0.461 e. The molecule has 0 atom stereocenters. The molecule has 1 aromatic rings. The number of aliphatic hydroxyl groups excluding tert-OH is 1. The van der Waals surface area contributed by atoms with Crippen LogP contribution in [0.15, 0.2) is 28.9 Å². The van der Waals surface area contributed by atoms with Crippen molar-refractivity contribution in [1.82, 2.24) is 0 Å². The molecule has 1 rings (SSSR count). The Morgan fingerprint density at radius 3 is 2.29 bits per heavy atom. The van der Waals surface area contributed by atoms with Gasteiger partial charge >= 0.3 is 12.1 Å². The molecule has 0 bridgehead atoms. The Kier molecular flexibility index (Phi) is 3.25. The fourth-order valence-electron chi connectivity index (χ4n) is 0.850. The molecule has 0 unspecified atom stereocenters. The number of ketones is 1. The van der Waals surface area contributed by atoms with Crippen LogP contribution in [0.4, 0.5) is 22.0 Å². The normalized spacial score (nSPS) is 13.8. The summed E-state index contributed by atoms with van der Waals surface area (Å²) < 4.78 is 64.7. The topological polar surface area (TPSA) is 50.4 Å². The average molecular weight is 256 g/mol. The predicted octanol–water partition coefficient (Wildman–Crippen LogP) is 2.95. The van der Waals surface area contributed by atoms with E-state index in [0.29, 0.717) is 0 Å². The zero-order valence-electron chi connectivity index (χ0n) is 7.96. The SMILES string of the molecule is O=C(/C=C(\O)c1ccco1)C(F)(F)C(F)(F)F. The number of furan rings is 1. The largest absolute Gasteiger partial charge is 0.504 e. The van der Waals surface area contributed by atoms with Crippen molar-refractivity contribution >= 4 is 11.5 Å². The number of carbonyl (C=O) groups excluding carboxylic acids is 1. The lowest BCUT2D eigenvalue weighted by atomic mass is 10.1. The molecule has 17 heavy (non-hydrogen) atoms. The van der Waals surface area contributed by atoms with E-state index in [0.717, 1.165) is 12.3 Å². The van der Waals surface area contributed by atoms with Crippen LogP contribution in [-0.2, 0) is 4.79 Å². The van der Waals surface area contributed by atoms with Gasteiger partial charge in [0.15, 0.2) is 11.5 Å². The van der Waals surface area contributed by atoms with Crippen LogP contribution in [-0.4, -0.2) is 23.0 Å². The van der Waals surface area contributed by atoms with Crippen LogP contribution in [0.3, 0.4) is 0 Å². The zero-order chi connectivity index (χ0) is 13.3. The molecule has 0 radical (unpaired) electrons. The number of hydrogen-bond acceptors (Lipinski definition) is 3. The highest BCUT2D eigenvalue weighted by Gasteiger charge is 2.62. The average Bonchev–Trinajstić information content (AvgIpc) is 2.68. The lowest BCUT2D eigenvalue weighted by Gasteiger charge is -2.16. The Bertz CT molecular complexity index is 430. The minimum absolute atomic E-state index is 0.230. The van der Waals surface area contributed by atoms with Gasteiger partial charge in [0.2, 0.25) is 5.78 Å². The number of hydrogen-bond donors (Lipinski definition) is 1. The van der Waals surface area contributed by atoms with E-state index in [2.05, 4.69) is 4.42 Å². The van der Waals surface area contributed by atoms with E-state index in [1.165, 1.54) is 6.07 Å². The Balaban J connectivity index is 2.97. The minimum atomic E-state index is -6.01. The van der Waals surface area contributed by atoms with Gasteiger partial charge in [0, 0.05) is 6.08 Å². The van der Waals surface area contributed by atoms with Crippen molar-refractivity contribution < 1.29 is 36.3 Å². The molecule has 3 nitrogen and oxygen atoms in total. The van der Waals surface area contributed by atoms with E-state index < -0.39 is 29.4 Å². The summed E-state index contributed by atoms with van der Waals surface area (Å²) in [5, 5.41) is 9.05. The fraction of sp³-hybridized carbons (Fsp3) is 0.222. The second-order valence-corrected chi connectivity index (χ2v) is 2.94. The molecule has 0 amide bonds. The lowest BCUT2D eigenvalue weighted by molar-refractivity contribution is -0.266. The second-order valence-electron chi connectivity index (χ2n) is 2.94. The van der Waals surface area contributed by atoms with Gasteiger partial charge in [-0.3, -0.25) is 4.79 Å². The Labute approximate surface area is 91.1 Å². The van der Waals surface area contributed by atoms with Gasteiger partial charge in [-0.1, -0.05) is 0 Å². The lowest BCUT2D eigenvalue weighted by Crippen LogP contribution is -2.43. The summed E-state index contributed by atoms with van der Waals surface area (Å²) in [6.45, 7) is 0. The molecule has 1 aromatic heterocycles. The first-order valence-electron chi connectivity index (χ1n) is 4.10. The third-order valence-corrected chi connectivity index (χ3v) is 1.71. The molecule has 0 saturated carbocycles. The third-order valence-electron chi connectivity index (χ3n) is 1.71. The van der Waals surface area contributed by atoms with E-state index in [1.807, 2.05) is 0 Å². The molecule has 0 aliphatic carbocycles. The van der Waals surface area contributed by atoms with E-state index in [-0.39, 0.29) is 6.08 Å². The Morgan fingerprint density at radius 2 is 1.88 bits per heavy atom. The highest BCUT2D eigenvalue weighted by molar-refractivity contribution is 6.00. The predicted molar refractivity (Wildman–Crippen MR) is 45.3 cm³/mol. The van der Waals surface area contributed by atoms with Gasteiger partial charge < -0.3 is 9.52 Å². The van der Waals surface area contributed by atoms with Gasteiger partial charge in [-0.05, 0) is 12.1 Å². The van der Waals surface area contributed by atoms with E-state index in [4.69, 9.17) is 5.11 Å². The van der Waals surface area contributed by atoms with Gasteiger partial charge in [0.05, 0.1) is 6.26 Å². The highest BCUT2D eigenvalue weighted by Crippen LogP contribution is 2.36. The van der Waals surface area contributed by atoms with E-state index in [1.54, 1.807) is 0 Å². The number of rotatable bonds is 3. The molecule has 0 aliphatic rings. The molecule has 1 N–H and O–H groups in total. The maximum absolute atomic E-state index is 12.5. The number of aliphatic hydroxyl groups is 1. The molecule has 0 spiro atoms. The summed E-state index contributed by atoms with van der Waals surface area (Å²) in [5.41, 5.74) is 0. The first-order valence-corrected chi connectivity index (χ1v) is 4.10. The molecule has 94 valence electrons. The first kappa shape index (κ1) is 13.2. The maximum atomic E-state index is 12.5. The monoisotopic (exact) mass is 256 g/mol. The van der Waals surface area contributed by atoms with Gasteiger partial charge in [0.25, 0.3) is 0 Å². The standard InChI is InChI=1S/C9H5F5O3/c10-8(11,9(12,13)14)7(16)4-5(15)6-2-1-3-17-6/h1-4,15H/b5-4-. The quantitative estimate of drug-likeness (QED) is 0.514. The van der Waals surface area contributed by atoms with Crippen molar-refractivity contribution in [1.29, 1.82) is 0 Å². The molecule has 8 heteroatoms. The number of alkyl halides is 5. The second kappa shape index (κ2) is 4.19. The minimum Gasteiger partial charge on any atom is -0.504 e. The van der Waals surface area contributed by atoms with Crippen LogP contribution >= 0.6 is 0 Å². The van der Waals surface area contributed by atoms with Crippen LogP contribution in [0.5, 0.6) is 0 Å². The van der Waals surface area contributed by atoms with Crippen molar-refractivity contribution in [2.24, 2.45) is 0 Å². The molecule has 0 fully saturated rings. The van der Waals surface area contributed by atoms with E-state index in [9.17, 15) is 26.7 Å². The fourth-order valence-corrected chi connectivity index (χ4v) is 0.850. The number of carbonyl (C=O) groups is 1. The molecule has 0 aromatic carbocycles. The molecule has 1 heterocycles. The summed E-state index contributed by atoms with van der Waals surface area (Å²) in [6.07, 6.45) is -5.19. The summed E-state index contributed by atoms with van der Waals surface area (Å²) >= 11 is 0. The third kappa shape index (κ3) is 2.63. The van der Waals surface area contributed by atoms with Crippen LogP contribution in [0.1, 0.15) is 5.76 Å². The van der Waals surface area contributed by atoms with Crippen molar-refractivity contribution in [2.75, 3.05) is 0 Å². The van der Waals surface area contributed by atoms with Crippen molar-refractivity contribution in [3.8, 4) is 0 Å². The first-order chi connectivity index (χ1) is 7.66. The summed E-state index contributed by atoms with van der Waals surface area (Å²) in [6, 6.07) is 2.34. The Hall–Kier alpha value is -1.86. The van der Waals surface area contributed by atoms with E-state index >= 15 is 0 Å². The highest BCUT2D eigenvalue weighted by atomic mass is 19.4. The van der Waals surface area contributed by atoms with Gasteiger partial charge in [-0.25, -0.2) is 0 Å². The molecule has 0 aliphatic heterocycles. The summed E-state index contributed by atoms with van der Waals surface area (Å²) in [4.78, 5) is 10.7. The van der Waals surface area contributed by atoms with Gasteiger partial charge in [-0.15, -0.1) is 0 Å². The number of halogens is 5. The van der Waals surface area contributed by atoms with Crippen LogP contribution in [0.25, 0.3) is 5.76 Å². The Morgan fingerprint density at radius 1 is 1.29 bits per heavy atom.